The van der Waals surface area contributed by atoms with Crippen LogP contribution in [0.3, 0.4) is 0 Å². The zero-order chi connectivity index (χ0) is 22.6. The summed E-state index contributed by atoms with van der Waals surface area (Å²) >= 11 is 0. The highest BCUT2D eigenvalue weighted by Crippen LogP contribution is 2.32. The number of hydrogen-bond donors (Lipinski definition) is 0. The average Bonchev–Trinajstić information content (AvgIpc) is 3.11. The van der Waals surface area contributed by atoms with Gasteiger partial charge in [0.2, 0.25) is 5.88 Å². The molecule has 5 rings (SSSR count). The van der Waals surface area contributed by atoms with Crippen molar-refractivity contribution in [1.82, 2.24) is 14.5 Å². The van der Waals surface area contributed by atoms with Gasteiger partial charge in [-0.15, -0.1) is 0 Å². The summed E-state index contributed by atoms with van der Waals surface area (Å²) in [6.45, 7) is 0.765. The Morgan fingerprint density at radius 3 is 2.67 bits per heavy atom. The first kappa shape index (κ1) is 21.6. The number of aryl methyl sites for hydroxylation is 1. The van der Waals surface area contributed by atoms with Crippen molar-refractivity contribution in [3.8, 4) is 17.0 Å². The van der Waals surface area contributed by atoms with E-state index < -0.39 is 0 Å². The second-order valence-electron chi connectivity index (χ2n) is 8.79. The molecule has 0 radical (unpaired) electrons. The highest BCUT2D eigenvalue weighted by molar-refractivity contribution is 6.08. The molecule has 6 nitrogen and oxygen atoms in total. The van der Waals surface area contributed by atoms with Crippen molar-refractivity contribution in [3.63, 3.8) is 0 Å². The van der Waals surface area contributed by atoms with Crippen LogP contribution >= 0.6 is 0 Å². The molecule has 1 saturated carbocycles. The maximum absolute atomic E-state index is 10.3. The molecule has 33 heavy (non-hydrogen) atoms. The first-order valence-corrected chi connectivity index (χ1v) is 11.7. The van der Waals surface area contributed by atoms with Gasteiger partial charge in [-0.25, -0.2) is 4.98 Å². The molecule has 1 fully saturated rings. The molecule has 0 saturated heterocycles. The van der Waals surface area contributed by atoms with Crippen molar-refractivity contribution in [2.75, 3.05) is 6.61 Å². The van der Waals surface area contributed by atoms with Crippen molar-refractivity contribution >= 4 is 28.1 Å². The van der Waals surface area contributed by atoms with Crippen molar-refractivity contribution < 1.29 is 14.3 Å². The van der Waals surface area contributed by atoms with Crippen LogP contribution in [0.4, 0.5) is 0 Å². The summed E-state index contributed by atoms with van der Waals surface area (Å²) < 4.78 is 14.1. The van der Waals surface area contributed by atoms with Crippen LogP contribution in [-0.2, 0) is 16.6 Å². The van der Waals surface area contributed by atoms with Crippen molar-refractivity contribution in [3.05, 3.63) is 55.0 Å². The Balaban J connectivity index is 1.16. The predicted molar refractivity (Wildman–Crippen MR) is 129 cm³/mol. The van der Waals surface area contributed by atoms with Crippen molar-refractivity contribution in [2.24, 2.45) is 7.05 Å². The minimum absolute atomic E-state index is 0.171. The molecule has 3 heterocycles. The number of nitrogens with zero attached hydrogens (tertiary/aromatic N) is 3. The normalized spacial score (nSPS) is 17.8. The van der Waals surface area contributed by atoms with Gasteiger partial charge in [0.25, 0.3) is 0 Å². The highest BCUT2D eigenvalue weighted by Gasteiger charge is 2.31. The van der Waals surface area contributed by atoms with E-state index in [0.29, 0.717) is 12.3 Å². The van der Waals surface area contributed by atoms with Gasteiger partial charge >= 0.3 is 0 Å². The zero-order valence-electron chi connectivity index (χ0n) is 18.9. The number of rotatable bonds is 10. The summed E-state index contributed by atoms with van der Waals surface area (Å²) in [5, 5.41) is 2.38. The van der Waals surface area contributed by atoms with Crippen LogP contribution in [0.1, 0.15) is 38.5 Å². The summed E-state index contributed by atoms with van der Waals surface area (Å²) in [5.41, 5.74) is 4.56. The summed E-state index contributed by atoms with van der Waals surface area (Å²) in [6.07, 6.45) is 12.6. The quantitative estimate of drug-likeness (QED) is 0.240. The van der Waals surface area contributed by atoms with Gasteiger partial charge in [-0.1, -0.05) is 18.6 Å². The van der Waals surface area contributed by atoms with E-state index in [4.69, 9.17) is 9.47 Å². The molecule has 0 bridgehead atoms. The fourth-order valence-corrected chi connectivity index (χ4v) is 4.53. The summed E-state index contributed by atoms with van der Waals surface area (Å²) in [5.74, 6) is 0.660. The molecule has 0 amide bonds. The van der Waals surface area contributed by atoms with E-state index in [2.05, 4.69) is 51.9 Å². The summed E-state index contributed by atoms with van der Waals surface area (Å²) in [7, 11) is 2.09. The molecule has 0 unspecified atom stereocenters. The molecule has 0 N–H and O–H groups in total. The Bertz CT molecular complexity index is 1240. The molecule has 170 valence electrons. The third-order valence-electron chi connectivity index (χ3n) is 6.54. The Morgan fingerprint density at radius 1 is 0.970 bits per heavy atom. The van der Waals surface area contributed by atoms with E-state index >= 15 is 0 Å². The smallest absolute Gasteiger partial charge is 0.213 e. The Kier molecular flexibility index (Phi) is 6.35. The molecule has 4 aromatic rings. The molecule has 0 atom stereocenters. The van der Waals surface area contributed by atoms with Crippen molar-refractivity contribution in [1.29, 1.82) is 0 Å². The second kappa shape index (κ2) is 9.71. The number of pyridine rings is 2. The molecule has 1 aromatic carbocycles. The van der Waals surface area contributed by atoms with Crippen LogP contribution in [0.15, 0.2) is 55.0 Å². The van der Waals surface area contributed by atoms with E-state index in [0.717, 1.165) is 56.1 Å². The van der Waals surface area contributed by atoms with Gasteiger partial charge in [0.1, 0.15) is 12.4 Å². The van der Waals surface area contributed by atoms with Crippen LogP contribution in [0.2, 0.25) is 0 Å². The Morgan fingerprint density at radius 2 is 1.85 bits per heavy atom. The number of aromatic nitrogens is 3. The van der Waals surface area contributed by atoms with E-state index in [-0.39, 0.29) is 12.2 Å². The van der Waals surface area contributed by atoms with E-state index in [1.807, 2.05) is 24.7 Å². The third kappa shape index (κ3) is 4.62. The first-order chi connectivity index (χ1) is 16.2. The Labute approximate surface area is 193 Å². The van der Waals surface area contributed by atoms with E-state index in [1.165, 1.54) is 21.8 Å². The van der Waals surface area contributed by atoms with Gasteiger partial charge in [-0.05, 0) is 36.6 Å². The maximum atomic E-state index is 10.3. The largest absolute Gasteiger partial charge is 0.474 e. The van der Waals surface area contributed by atoms with E-state index in [9.17, 15) is 4.79 Å². The van der Waals surface area contributed by atoms with Gasteiger partial charge in [0, 0.05) is 79.4 Å². The lowest BCUT2D eigenvalue weighted by atomic mass is 9.92. The summed E-state index contributed by atoms with van der Waals surface area (Å²) in [6, 6.07) is 12.6. The van der Waals surface area contributed by atoms with Crippen LogP contribution in [0.5, 0.6) is 5.88 Å². The molecule has 0 spiro atoms. The number of aldehydes is 1. The van der Waals surface area contributed by atoms with Crippen molar-refractivity contribution in [2.45, 2.75) is 50.7 Å². The number of ether oxygens (including phenoxy) is 2. The van der Waals surface area contributed by atoms with Crippen LogP contribution in [-0.4, -0.2) is 39.6 Å². The molecule has 1 aliphatic carbocycles. The van der Waals surface area contributed by atoms with Crippen LogP contribution in [0, 0.1) is 0 Å². The van der Waals surface area contributed by atoms with Gasteiger partial charge < -0.3 is 18.8 Å². The number of benzene rings is 1. The number of fused-ring (bicyclic) bond motifs is 3. The molecule has 1 aliphatic rings. The van der Waals surface area contributed by atoms with Crippen LogP contribution in [0.25, 0.3) is 32.9 Å². The number of unbranched alkanes of at least 4 members (excludes halogenated alkanes) is 3. The Hall–Kier alpha value is -3.25. The van der Waals surface area contributed by atoms with Gasteiger partial charge in [0.15, 0.2) is 0 Å². The fraction of sp³-hybridized carbons (Fsp3) is 0.370. The number of carbonyl (C=O) groups is 1. The predicted octanol–water partition coefficient (Wildman–Crippen LogP) is 5.47. The average molecular weight is 444 g/mol. The lowest BCUT2D eigenvalue weighted by Gasteiger charge is -2.34. The molecule has 6 heteroatoms. The number of carbonyl (C=O) groups excluding carboxylic acids is 1. The fourth-order valence-electron chi connectivity index (χ4n) is 4.53. The molecular weight excluding hydrogens is 414 g/mol. The van der Waals surface area contributed by atoms with E-state index in [1.54, 1.807) is 0 Å². The maximum Gasteiger partial charge on any atom is 0.213 e. The summed E-state index contributed by atoms with van der Waals surface area (Å²) in [4.78, 5) is 19.1. The molecule has 3 aromatic heterocycles. The van der Waals surface area contributed by atoms with Gasteiger partial charge in [0.05, 0.1) is 11.6 Å². The minimum Gasteiger partial charge on any atom is -0.474 e. The second-order valence-corrected chi connectivity index (χ2v) is 8.79. The van der Waals surface area contributed by atoms with Gasteiger partial charge in [-0.2, -0.15) is 0 Å². The standard InChI is InChI=1S/C27H29N3O3/c1-30-25-10-11-28-18-24(25)23-8-6-19(14-26(23)30)20-7-9-27(29-17-20)33-22-15-21(16-22)32-13-5-3-2-4-12-31/h6-12,14,17-18,21-22H,2-5,13,15-16H2,1H3/t21-,22-. The molecule has 0 aliphatic heterocycles. The highest BCUT2D eigenvalue weighted by atomic mass is 16.5. The zero-order valence-corrected chi connectivity index (χ0v) is 18.9. The lowest BCUT2D eigenvalue weighted by Crippen LogP contribution is -2.39. The SMILES string of the molecule is Cn1c2ccncc2c2ccc(-c3ccc(O[C@H]4C[C@H](OCCCCCC=O)C4)nc3)cc21. The van der Waals surface area contributed by atoms with Crippen LogP contribution < -0.4 is 4.74 Å². The minimum atomic E-state index is 0.171. The first-order valence-electron chi connectivity index (χ1n) is 11.7. The molecular formula is C27H29N3O3. The number of hydrogen-bond acceptors (Lipinski definition) is 5. The third-order valence-corrected chi connectivity index (χ3v) is 6.54. The monoisotopic (exact) mass is 443 g/mol. The lowest BCUT2D eigenvalue weighted by molar-refractivity contribution is -0.108. The van der Waals surface area contributed by atoms with Gasteiger partial charge in [-0.3, -0.25) is 4.98 Å². The topological polar surface area (TPSA) is 66.2 Å².